The van der Waals surface area contributed by atoms with E-state index in [9.17, 15) is 9.59 Å². The Hall–Kier alpha value is -1.58. The summed E-state index contributed by atoms with van der Waals surface area (Å²) in [4.78, 5) is 22.8. The van der Waals surface area contributed by atoms with Crippen molar-refractivity contribution in [1.82, 2.24) is 0 Å². The van der Waals surface area contributed by atoms with Gasteiger partial charge in [0.15, 0.2) is 0 Å². The number of ether oxygens (including phenoxy) is 2. The van der Waals surface area contributed by atoms with Crippen LogP contribution in [0.3, 0.4) is 0 Å². The van der Waals surface area contributed by atoms with Gasteiger partial charge in [0.25, 0.3) is 0 Å². The van der Waals surface area contributed by atoms with Gasteiger partial charge in [0.2, 0.25) is 0 Å². The largest absolute Gasteiger partial charge is 0.431 e. The zero-order valence-corrected chi connectivity index (χ0v) is 9.74. The molecule has 2 aliphatic carbocycles. The Kier molecular flexibility index (Phi) is 3.96. The summed E-state index contributed by atoms with van der Waals surface area (Å²) in [5.41, 5.74) is 0. The Bertz CT molecular complexity index is 343. The van der Waals surface area contributed by atoms with E-state index in [1.54, 1.807) is 0 Å². The summed E-state index contributed by atoms with van der Waals surface area (Å²) in [6.45, 7) is 0. The Balaban J connectivity index is 1.72. The van der Waals surface area contributed by atoms with E-state index in [-0.39, 0.29) is 6.42 Å². The topological polar surface area (TPSA) is 52.6 Å². The van der Waals surface area contributed by atoms with Gasteiger partial charge >= 0.3 is 11.9 Å². The molecule has 0 aromatic rings. The number of carbonyl (C=O) groups is 2. The second-order valence-corrected chi connectivity index (χ2v) is 4.25. The third kappa shape index (κ3) is 3.73. The molecule has 0 unspecified atom stereocenters. The van der Waals surface area contributed by atoms with Crippen LogP contribution in [0, 0.1) is 0 Å². The Morgan fingerprint density at radius 2 is 1.41 bits per heavy atom. The summed E-state index contributed by atoms with van der Waals surface area (Å²) in [5, 5.41) is 0. The highest BCUT2D eigenvalue weighted by Crippen LogP contribution is 2.20. The molecule has 0 radical (unpaired) electrons. The van der Waals surface area contributed by atoms with Crippen molar-refractivity contribution >= 4 is 11.9 Å². The molecule has 0 amide bonds. The van der Waals surface area contributed by atoms with Gasteiger partial charge in [0.05, 0.1) is 0 Å². The smallest absolute Gasteiger partial charge is 0.322 e. The molecule has 0 fully saturated rings. The lowest BCUT2D eigenvalue weighted by Crippen LogP contribution is -2.13. The minimum atomic E-state index is -0.526. The van der Waals surface area contributed by atoms with Crippen molar-refractivity contribution in [3.05, 3.63) is 23.7 Å². The third-order valence-corrected chi connectivity index (χ3v) is 2.78. The second kappa shape index (κ2) is 5.66. The zero-order valence-electron chi connectivity index (χ0n) is 9.74. The van der Waals surface area contributed by atoms with Crippen molar-refractivity contribution in [1.29, 1.82) is 0 Å². The number of hydrogen-bond donors (Lipinski definition) is 0. The van der Waals surface area contributed by atoms with E-state index in [0.717, 1.165) is 38.5 Å². The highest BCUT2D eigenvalue weighted by atomic mass is 16.6. The van der Waals surface area contributed by atoms with E-state index in [1.807, 2.05) is 12.2 Å². The minimum absolute atomic E-state index is 0.311. The highest BCUT2D eigenvalue weighted by Gasteiger charge is 2.18. The van der Waals surface area contributed by atoms with Crippen molar-refractivity contribution in [3.63, 3.8) is 0 Å². The van der Waals surface area contributed by atoms with Gasteiger partial charge in [-0.05, 0) is 37.8 Å². The van der Waals surface area contributed by atoms with Crippen LogP contribution in [0.25, 0.3) is 0 Å². The van der Waals surface area contributed by atoms with E-state index < -0.39 is 11.9 Å². The molecule has 0 saturated heterocycles. The second-order valence-electron chi connectivity index (χ2n) is 4.25. The first-order chi connectivity index (χ1) is 8.24. The molecule has 0 bridgehead atoms. The van der Waals surface area contributed by atoms with Crippen molar-refractivity contribution in [2.24, 2.45) is 0 Å². The molecule has 2 rings (SSSR count). The Morgan fingerprint density at radius 1 is 0.941 bits per heavy atom. The maximum absolute atomic E-state index is 11.4. The van der Waals surface area contributed by atoms with E-state index in [4.69, 9.17) is 9.47 Å². The fourth-order valence-electron chi connectivity index (χ4n) is 1.95. The summed E-state index contributed by atoms with van der Waals surface area (Å²) in [7, 11) is 0. The molecular weight excluding hydrogens is 220 g/mol. The van der Waals surface area contributed by atoms with Crippen LogP contribution in [0.1, 0.15) is 44.9 Å². The van der Waals surface area contributed by atoms with Crippen LogP contribution in [0.15, 0.2) is 23.7 Å². The van der Waals surface area contributed by atoms with Gasteiger partial charge in [-0.3, -0.25) is 9.59 Å². The summed E-state index contributed by atoms with van der Waals surface area (Å²) in [6.07, 6.45) is 8.96. The first-order valence-electron chi connectivity index (χ1n) is 6.03. The first-order valence-corrected chi connectivity index (χ1v) is 6.03. The van der Waals surface area contributed by atoms with Crippen LogP contribution < -0.4 is 0 Å². The van der Waals surface area contributed by atoms with Crippen LogP contribution in [-0.2, 0) is 19.1 Å². The summed E-state index contributed by atoms with van der Waals surface area (Å²) < 4.78 is 10.1. The number of hydrogen-bond acceptors (Lipinski definition) is 4. The van der Waals surface area contributed by atoms with Gasteiger partial charge in [-0.2, -0.15) is 0 Å². The van der Waals surface area contributed by atoms with E-state index in [2.05, 4.69) is 0 Å². The zero-order chi connectivity index (χ0) is 12.1. The maximum atomic E-state index is 11.4. The molecule has 92 valence electrons. The van der Waals surface area contributed by atoms with Crippen LogP contribution >= 0.6 is 0 Å². The fourth-order valence-corrected chi connectivity index (χ4v) is 1.95. The molecule has 0 saturated carbocycles. The maximum Gasteiger partial charge on any atom is 0.322 e. The van der Waals surface area contributed by atoms with Gasteiger partial charge in [-0.15, -0.1) is 0 Å². The van der Waals surface area contributed by atoms with Crippen molar-refractivity contribution in [2.45, 2.75) is 44.9 Å². The average Bonchev–Trinajstić information content (AvgIpc) is 2.90. The predicted molar refractivity (Wildman–Crippen MR) is 60.7 cm³/mol. The van der Waals surface area contributed by atoms with Crippen LogP contribution in [0.2, 0.25) is 0 Å². The molecule has 2 aliphatic rings. The lowest BCUT2D eigenvalue weighted by molar-refractivity contribution is -0.150. The van der Waals surface area contributed by atoms with Crippen LogP contribution in [0.5, 0.6) is 0 Å². The van der Waals surface area contributed by atoms with Crippen molar-refractivity contribution in [3.8, 4) is 0 Å². The average molecular weight is 236 g/mol. The predicted octanol–water partition coefficient (Wildman–Crippen LogP) is 2.60. The lowest BCUT2D eigenvalue weighted by Gasteiger charge is -2.06. The Morgan fingerprint density at radius 3 is 1.76 bits per heavy atom. The van der Waals surface area contributed by atoms with E-state index in [0.29, 0.717) is 11.5 Å². The fraction of sp³-hybridized carbons (Fsp3) is 0.538. The molecule has 4 heteroatoms. The van der Waals surface area contributed by atoms with Crippen LogP contribution in [-0.4, -0.2) is 11.9 Å². The van der Waals surface area contributed by atoms with Crippen molar-refractivity contribution in [2.75, 3.05) is 0 Å². The molecule has 0 aliphatic heterocycles. The van der Waals surface area contributed by atoms with Gasteiger partial charge in [-0.1, -0.05) is 0 Å². The number of allylic oxidation sites excluding steroid dienone is 4. The molecule has 0 N–H and O–H groups in total. The van der Waals surface area contributed by atoms with Crippen LogP contribution in [0.4, 0.5) is 0 Å². The summed E-state index contributed by atoms with van der Waals surface area (Å²) in [5.74, 6) is 0.314. The molecule has 0 aromatic carbocycles. The van der Waals surface area contributed by atoms with Gasteiger partial charge in [-0.25, -0.2) is 0 Å². The monoisotopic (exact) mass is 236 g/mol. The molecule has 0 heterocycles. The lowest BCUT2D eigenvalue weighted by atomic mass is 10.3. The van der Waals surface area contributed by atoms with Crippen molar-refractivity contribution < 1.29 is 19.1 Å². The molecule has 17 heavy (non-hydrogen) atoms. The number of carbonyl (C=O) groups excluding carboxylic acids is 2. The molecule has 0 atom stereocenters. The standard InChI is InChI=1S/C13H16O4/c14-12(16-10-5-1-2-6-10)9-13(15)17-11-7-3-4-8-11/h5,7H,1-4,6,8-9H2. The van der Waals surface area contributed by atoms with Gasteiger partial charge < -0.3 is 9.47 Å². The molecule has 0 spiro atoms. The number of rotatable bonds is 4. The molecule has 4 nitrogen and oxygen atoms in total. The third-order valence-electron chi connectivity index (χ3n) is 2.78. The molecular formula is C13H16O4. The van der Waals surface area contributed by atoms with Gasteiger partial charge in [0.1, 0.15) is 17.9 Å². The SMILES string of the molecule is O=C(CC(=O)OC1=CCCC1)OC1=CCCC1. The summed E-state index contributed by atoms with van der Waals surface area (Å²) in [6, 6.07) is 0. The van der Waals surface area contributed by atoms with E-state index in [1.165, 1.54) is 0 Å². The first kappa shape index (κ1) is 11.9. The van der Waals surface area contributed by atoms with Gasteiger partial charge in [0, 0.05) is 12.8 Å². The quantitative estimate of drug-likeness (QED) is 0.556. The highest BCUT2D eigenvalue weighted by molar-refractivity contribution is 5.92. The number of esters is 2. The minimum Gasteiger partial charge on any atom is -0.431 e. The molecule has 0 aromatic heterocycles. The van der Waals surface area contributed by atoms with E-state index >= 15 is 0 Å². The Labute approximate surface area is 100 Å². The normalized spacial score (nSPS) is 18.6. The summed E-state index contributed by atoms with van der Waals surface area (Å²) >= 11 is 0.